The molecule has 0 bridgehead atoms. The lowest BCUT2D eigenvalue weighted by Crippen LogP contribution is -2.45. The molecule has 88 valence electrons. The lowest BCUT2D eigenvalue weighted by atomic mass is 9.95. The van der Waals surface area contributed by atoms with Gasteiger partial charge in [-0.1, -0.05) is 25.4 Å². The molecule has 0 aromatic carbocycles. The molecule has 1 aromatic heterocycles. The molecule has 0 aliphatic heterocycles. The summed E-state index contributed by atoms with van der Waals surface area (Å²) >= 11 is 5.60. The number of hydrogen-bond acceptors (Lipinski definition) is 3. The van der Waals surface area contributed by atoms with E-state index in [1.54, 1.807) is 12.1 Å². The summed E-state index contributed by atoms with van der Waals surface area (Å²) in [6, 6.07) is 3.12. The minimum atomic E-state index is -0.213. The molecule has 0 saturated carbocycles. The lowest BCUT2D eigenvalue weighted by molar-refractivity contribution is 0.0895. The molecular weight excluding hydrogens is 226 g/mol. The minimum absolute atomic E-state index is 0.196. The van der Waals surface area contributed by atoms with Gasteiger partial charge in [0, 0.05) is 5.54 Å². The van der Waals surface area contributed by atoms with E-state index in [0.717, 1.165) is 12.8 Å². The summed E-state index contributed by atoms with van der Waals surface area (Å²) in [4.78, 5) is 11.8. The summed E-state index contributed by atoms with van der Waals surface area (Å²) in [5, 5.41) is 10.6. The number of carbonyl (C=O) groups is 1. The zero-order valence-corrected chi connectivity index (χ0v) is 10.5. The molecule has 1 aromatic rings. The van der Waals surface area contributed by atoms with E-state index in [9.17, 15) is 4.79 Å². The summed E-state index contributed by atoms with van der Waals surface area (Å²) in [6.07, 6.45) is 1.74. The average molecular weight is 242 g/mol. The van der Waals surface area contributed by atoms with Gasteiger partial charge in [-0.15, -0.1) is 10.2 Å². The molecule has 1 N–H and O–H groups in total. The van der Waals surface area contributed by atoms with Gasteiger partial charge in [0.2, 0.25) is 0 Å². The Hall–Kier alpha value is -1.16. The van der Waals surface area contributed by atoms with Crippen LogP contribution in [0.4, 0.5) is 0 Å². The normalized spacial score (nSPS) is 11.2. The van der Waals surface area contributed by atoms with E-state index in [1.807, 2.05) is 20.8 Å². The second-order valence-electron chi connectivity index (χ2n) is 3.96. The van der Waals surface area contributed by atoms with Crippen LogP contribution in [-0.4, -0.2) is 21.6 Å². The van der Waals surface area contributed by atoms with Crippen molar-refractivity contribution >= 4 is 17.5 Å². The molecule has 0 fully saturated rings. The highest BCUT2D eigenvalue weighted by Gasteiger charge is 2.23. The summed E-state index contributed by atoms with van der Waals surface area (Å²) in [6.45, 7) is 6.09. The van der Waals surface area contributed by atoms with Crippen LogP contribution in [0.3, 0.4) is 0 Å². The van der Waals surface area contributed by atoms with E-state index < -0.39 is 0 Å². The summed E-state index contributed by atoms with van der Waals surface area (Å²) in [5.41, 5.74) is 0.0933. The van der Waals surface area contributed by atoms with Gasteiger partial charge in [-0.25, -0.2) is 0 Å². The van der Waals surface area contributed by atoms with Crippen LogP contribution in [-0.2, 0) is 0 Å². The van der Waals surface area contributed by atoms with Crippen LogP contribution in [0.5, 0.6) is 0 Å². The van der Waals surface area contributed by atoms with Crippen molar-refractivity contribution in [3.63, 3.8) is 0 Å². The maximum Gasteiger partial charge on any atom is 0.272 e. The molecule has 0 spiro atoms. The Kier molecular flexibility index (Phi) is 4.24. The Morgan fingerprint density at radius 2 is 2.00 bits per heavy atom. The van der Waals surface area contributed by atoms with Gasteiger partial charge in [0.05, 0.1) is 0 Å². The highest BCUT2D eigenvalue weighted by Crippen LogP contribution is 2.14. The predicted molar refractivity (Wildman–Crippen MR) is 63.5 cm³/mol. The zero-order chi connectivity index (χ0) is 12.2. The third-order valence-electron chi connectivity index (χ3n) is 2.84. The van der Waals surface area contributed by atoms with E-state index in [-0.39, 0.29) is 22.3 Å². The highest BCUT2D eigenvalue weighted by atomic mass is 35.5. The number of aromatic nitrogens is 2. The fourth-order valence-corrected chi connectivity index (χ4v) is 1.30. The molecule has 4 nitrogen and oxygen atoms in total. The molecule has 0 atom stereocenters. The highest BCUT2D eigenvalue weighted by molar-refractivity contribution is 6.29. The maximum absolute atomic E-state index is 11.8. The molecule has 0 radical (unpaired) electrons. The van der Waals surface area contributed by atoms with E-state index in [4.69, 9.17) is 11.6 Å². The van der Waals surface area contributed by atoms with Crippen molar-refractivity contribution in [2.45, 2.75) is 39.2 Å². The van der Waals surface area contributed by atoms with Gasteiger partial charge in [-0.05, 0) is 31.9 Å². The third kappa shape index (κ3) is 3.17. The smallest absolute Gasteiger partial charge is 0.272 e. The second kappa shape index (κ2) is 5.25. The monoisotopic (exact) mass is 241 g/mol. The predicted octanol–water partition coefficient (Wildman–Crippen LogP) is 2.44. The number of rotatable bonds is 4. The number of hydrogen-bond donors (Lipinski definition) is 1. The average Bonchev–Trinajstić information content (AvgIpc) is 2.29. The quantitative estimate of drug-likeness (QED) is 0.881. The van der Waals surface area contributed by atoms with Gasteiger partial charge in [-0.3, -0.25) is 4.79 Å². The molecule has 1 heterocycles. The number of nitrogens with zero attached hydrogens (tertiary/aromatic N) is 2. The van der Waals surface area contributed by atoms with Crippen molar-refractivity contribution in [1.82, 2.24) is 15.5 Å². The van der Waals surface area contributed by atoms with Gasteiger partial charge in [0.25, 0.3) is 5.91 Å². The van der Waals surface area contributed by atoms with Crippen LogP contribution in [0.25, 0.3) is 0 Å². The summed E-state index contributed by atoms with van der Waals surface area (Å²) in [5.74, 6) is -0.213. The van der Waals surface area contributed by atoms with E-state index in [2.05, 4.69) is 15.5 Å². The van der Waals surface area contributed by atoms with Crippen LogP contribution in [0.15, 0.2) is 12.1 Å². The van der Waals surface area contributed by atoms with Gasteiger partial charge in [0.15, 0.2) is 10.8 Å². The molecule has 16 heavy (non-hydrogen) atoms. The van der Waals surface area contributed by atoms with Crippen LogP contribution in [0.1, 0.15) is 44.1 Å². The molecule has 0 aliphatic carbocycles. The molecule has 0 saturated heterocycles. The van der Waals surface area contributed by atoms with Crippen molar-refractivity contribution in [3.05, 3.63) is 23.0 Å². The molecular formula is C11H16ClN3O. The van der Waals surface area contributed by atoms with E-state index in [1.165, 1.54) is 0 Å². The van der Waals surface area contributed by atoms with Crippen LogP contribution in [0.2, 0.25) is 5.15 Å². The SMILES string of the molecule is CCC(C)(CC)NC(=O)c1ccc(Cl)nn1. The molecule has 0 unspecified atom stereocenters. The Labute approximate surface area is 100 Å². The van der Waals surface area contributed by atoms with Crippen LogP contribution < -0.4 is 5.32 Å². The number of carbonyl (C=O) groups excluding carboxylic acids is 1. The molecule has 1 amide bonds. The van der Waals surface area contributed by atoms with E-state index in [0.29, 0.717) is 0 Å². The van der Waals surface area contributed by atoms with Crippen LogP contribution in [0, 0.1) is 0 Å². The number of halogens is 1. The first-order valence-electron chi connectivity index (χ1n) is 5.32. The third-order valence-corrected chi connectivity index (χ3v) is 3.04. The van der Waals surface area contributed by atoms with Gasteiger partial charge < -0.3 is 5.32 Å². The lowest BCUT2D eigenvalue weighted by Gasteiger charge is -2.27. The fraction of sp³-hybridized carbons (Fsp3) is 0.545. The van der Waals surface area contributed by atoms with Crippen molar-refractivity contribution < 1.29 is 4.79 Å². The first kappa shape index (κ1) is 12.9. The molecule has 5 heteroatoms. The zero-order valence-electron chi connectivity index (χ0n) is 9.75. The van der Waals surface area contributed by atoms with Gasteiger partial charge in [0.1, 0.15) is 0 Å². The van der Waals surface area contributed by atoms with Gasteiger partial charge in [-0.2, -0.15) is 0 Å². The van der Waals surface area contributed by atoms with E-state index >= 15 is 0 Å². The van der Waals surface area contributed by atoms with Crippen molar-refractivity contribution in [1.29, 1.82) is 0 Å². The molecule has 1 rings (SSSR count). The summed E-state index contributed by atoms with van der Waals surface area (Å²) < 4.78 is 0. The Morgan fingerprint density at radius 3 is 2.44 bits per heavy atom. The van der Waals surface area contributed by atoms with Crippen molar-refractivity contribution in [3.8, 4) is 0 Å². The Balaban J connectivity index is 2.76. The summed E-state index contributed by atoms with van der Waals surface area (Å²) in [7, 11) is 0. The first-order valence-corrected chi connectivity index (χ1v) is 5.70. The largest absolute Gasteiger partial charge is 0.346 e. The van der Waals surface area contributed by atoms with Crippen LogP contribution >= 0.6 is 11.6 Å². The van der Waals surface area contributed by atoms with Crippen molar-refractivity contribution in [2.75, 3.05) is 0 Å². The minimum Gasteiger partial charge on any atom is -0.346 e. The second-order valence-corrected chi connectivity index (χ2v) is 4.35. The van der Waals surface area contributed by atoms with Gasteiger partial charge >= 0.3 is 0 Å². The van der Waals surface area contributed by atoms with Crippen molar-refractivity contribution in [2.24, 2.45) is 0 Å². The Morgan fingerprint density at radius 1 is 1.38 bits per heavy atom. The standard InChI is InChI=1S/C11H16ClN3O/c1-4-11(3,5-2)13-10(16)8-6-7-9(12)15-14-8/h6-7H,4-5H2,1-3H3,(H,13,16). The number of amides is 1. The first-order chi connectivity index (χ1) is 7.50. The Bertz CT molecular complexity index is 360. The topological polar surface area (TPSA) is 54.9 Å². The fourth-order valence-electron chi connectivity index (χ4n) is 1.20. The maximum atomic E-state index is 11.8. The molecule has 0 aliphatic rings. The number of nitrogens with one attached hydrogen (secondary N) is 1.